The molecule has 0 aliphatic heterocycles. The van der Waals surface area contributed by atoms with Crippen LogP contribution >= 0.6 is 0 Å². The molecule has 20 heavy (non-hydrogen) atoms. The summed E-state index contributed by atoms with van der Waals surface area (Å²) in [4.78, 5) is 17.5. The van der Waals surface area contributed by atoms with Crippen LogP contribution in [0.15, 0.2) is 30.4 Å². The maximum Gasteiger partial charge on any atom is 0.271 e. The molecule has 1 aromatic carbocycles. The summed E-state index contributed by atoms with van der Waals surface area (Å²) in [5.74, 6) is 0.569. The summed E-state index contributed by atoms with van der Waals surface area (Å²) in [5, 5.41) is 13.7. The molecule has 7 heteroatoms. The molecule has 1 aromatic heterocycles. The normalized spacial score (nSPS) is 10.7. The minimum atomic E-state index is -0.432. The molecule has 0 aliphatic rings. The number of nitro groups is 1. The first-order valence-electron chi connectivity index (χ1n) is 6.16. The van der Waals surface area contributed by atoms with Gasteiger partial charge in [0.2, 0.25) is 5.95 Å². The summed E-state index contributed by atoms with van der Waals surface area (Å²) < 4.78 is 5.35. The van der Waals surface area contributed by atoms with Crippen LogP contribution in [0.2, 0.25) is 0 Å². The number of imidazole rings is 1. The van der Waals surface area contributed by atoms with E-state index >= 15 is 0 Å². The summed E-state index contributed by atoms with van der Waals surface area (Å²) in [6, 6.07) is 4.51. The molecule has 0 atom stereocenters. The van der Waals surface area contributed by atoms with Crippen LogP contribution in [0.25, 0.3) is 11.0 Å². The van der Waals surface area contributed by atoms with Crippen molar-refractivity contribution in [3.63, 3.8) is 0 Å². The number of rotatable bonds is 7. The maximum atomic E-state index is 10.7. The number of nitrogens with zero attached hydrogens (tertiary/aromatic N) is 2. The van der Waals surface area contributed by atoms with Crippen LogP contribution in [0.3, 0.4) is 0 Å². The van der Waals surface area contributed by atoms with E-state index in [1.165, 1.54) is 12.1 Å². The molecule has 1 heterocycles. The third kappa shape index (κ3) is 3.55. The molecule has 2 aromatic rings. The van der Waals surface area contributed by atoms with E-state index in [2.05, 4.69) is 21.9 Å². The number of H-pyrrole nitrogens is 1. The third-order valence-electron chi connectivity index (χ3n) is 2.56. The molecule has 0 amide bonds. The second-order valence-corrected chi connectivity index (χ2v) is 4.48. The molecule has 0 radical (unpaired) electrons. The van der Waals surface area contributed by atoms with E-state index in [0.29, 0.717) is 36.7 Å². The van der Waals surface area contributed by atoms with E-state index < -0.39 is 4.92 Å². The zero-order valence-electron chi connectivity index (χ0n) is 11.2. The fourth-order valence-corrected chi connectivity index (χ4v) is 1.68. The number of nitro benzene ring substituents is 1. The number of anilines is 1. The molecule has 0 saturated carbocycles. The highest BCUT2D eigenvalue weighted by atomic mass is 16.6. The van der Waals surface area contributed by atoms with Gasteiger partial charge < -0.3 is 15.0 Å². The van der Waals surface area contributed by atoms with E-state index in [1.807, 2.05) is 6.92 Å². The Balaban J connectivity index is 1.94. The minimum Gasteiger partial charge on any atom is -0.375 e. The van der Waals surface area contributed by atoms with Gasteiger partial charge in [-0.2, -0.15) is 0 Å². The highest BCUT2D eigenvalue weighted by molar-refractivity contribution is 5.79. The first-order chi connectivity index (χ1) is 9.56. The van der Waals surface area contributed by atoms with Crippen molar-refractivity contribution in [3.8, 4) is 0 Å². The van der Waals surface area contributed by atoms with Crippen LogP contribution in [-0.4, -0.2) is 34.6 Å². The average Bonchev–Trinajstić information content (AvgIpc) is 2.79. The topological polar surface area (TPSA) is 93.1 Å². The Morgan fingerprint density at radius 3 is 3.10 bits per heavy atom. The van der Waals surface area contributed by atoms with Gasteiger partial charge in [0.1, 0.15) is 0 Å². The van der Waals surface area contributed by atoms with Gasteiger partial charge in [-0.25, -0.2) is 4.98 Å². The number of aromatic nitrogens is 2. The Hall–Kier alpha value is -2.41. The van der Waals surface area contributed by atoms with E-state index in [4.69, 9.17) is 4.74 Å². The van der Waals surface area contributed by atoms with Crippen LogP contribution < -0.4 is 5.32 Å². The zero-order valence-corrected chi connectivity index (χ0v) is 11.2. The predicted molar refractivity (Wildman–Crippen MR) is 76.9 cm³/mol. The van der Waals surface area contributed by atoms with Crippen LogP contribution in [0.4, 0.5) is 11.6 Å². The Labute approximate surface area is 115 Å². The molecule has 106 valence electrons. The summed E-state index contributed by atoms with van der Waals surface area (Å²) in [7, 11) is 0. The van der Waals surface area contributed by atoms with Crippen LogP contribution in [0.1, 0.15) is 6.92 Å². The molecule has 7 nitrogen and oxygen atoms in total. The summed E-state index contributed by atoms with van der Waals surface area (Å²) >= 11 is 0. The van der Waals surface area contributed by atoms with Crippen molar-refractivity contribution < 1.29 is 9.66 Å². The Morgan fingerprint density at radius 1 is 1.60 bits per heavy atom. The standard InChI is InChI=1S/C13H16N4O3/c1-9(2)8-20-6-5-14-13-15-11-4-3-10(17(18)19)7-12(11)16-13/h3-4,7H,1,5-6,8H2,2H3,(H2,14,15,16). The average molecular weight is 276 g/mol. The van der Waals surface area contributed by atoms with Crippen molar-refractivity contribution in [2.75, 3.05) is 25.1 Å². The quantitative estimate of drug-likeness (QED) is 0.351. The highest BCUT2D eigenvalue weighted by Crippen LogP contribution is 2.20. The molecule has 0 spiro atoms. The molecule has 0 bridgehead atoms. The lowest BCUT2D eigenvalue weighted by atomic mass is 10.3. The number of benzene rings is 1. The van der Waals surface area contributed by atoms with Gasteiger partial charge >= 0.3 is 0 Å². The maximum absolute atomic E-state index is 10.7. The number of hydrogen-bond donors (Lipinski definition) is 2. The molecule has 2 rings (SSSR count). The lowest BCUT2D eigenvalue weighted by molar-refractivity contribution is -0.384. The second-order valence-electron chi connectivity index (χ2n) is 4.48. The molecule has 0 aliphatic carbocycles. The predicted octanol–water partition coefficient (Wildman–Crippen LogP) is 2.48. The van der Waals surface area contributed by atoms with Crippen molar-refractivity contribution in [3.05, 3.63) is 40.5 Å². The minimum absolute atomic E-state index is 0.0393. The first-order valence-corrected chi connectivity index (χ1v) is 6.16. The van der Waals surface area contributed by atoms with Crippen molar-refractivity contribution in [2.24, 2.45) is 0 Å². The molecule has 0 fully saturated rings. The second kappa shape index (κ2) is 6.16. The van der Waals surface area contributed by atoms with E-state index in [9.17, 15) is 10.1 Å². The number of fused-ring (bicyclic) bond motifs is 1. The zero-order chi connectivity index (χ0) is 14.5. The van der Waals surface area contributed by atoms with Gasteiger partial charge in [0.15, 0.2) is 0 Å². The molecule has 2 N–H and O–H groups in total. The van der Waals surface area contributed by atoms with Gasteiger partial charge in [-0.05, 0) is 13.0 Å². The summed E-state index contributed by atoms with van der Waals surface area (Å²) in [6.07, 6.45) is 0. The SMILES string of the molecule is C=C(C)COCCNc1nc2ccc([N+](=O)[O-])cc2[nH]1. The molecular weight excluding hydrogens is 260 g/mol. The molecule has 0 saturated heterocycles. The van der Waals surface area contributed by atoms with Crippen molar-refractivity contribution >= 4 is 22.7 Å². The lowest BCUT2D eigenvalue weighted by Gasteiger charge is -2.04. The van der Waals surface area contributed by atoms with Gasteiger partial charge in [-0.15, -0.1) is 0 Å². The fourth-order valence-electron chi connectivity index (χ4n) is 1.68. The monoisotopic (exact) mass is 276 g/mol. The number of ether oxygens (including phenoxy) is 1. The van der Waals surface area contributed by atoms with E-state index in [-0.39, 0.29) is 5.69 Å². The van der Waals surface area contributed by atoms with E-state index in [1.54, 1.807) is 6.07 Å². The van der Waals surface area contributed by atoms with Crippen LogP contribution in [0.5, 0.6) is 0 Å². The Kier molecular flexibility index (Phi) is 4.31. The number of non-ortho nitro benzene ring substituents is 1. The number of hydrogen-bond acceptors (Lipinski definition) is 5. The van der Waals surface area contributed by atoms with Gasteiger partial charge in [0.05, 0.1) is 29.2 Å². The summed E-state index contributed by atoms with van der Waals surface area (Å²) in [6.45, 7) is 7.31. The number of nitrogens with one attached hydrogen (secondary N) is 2. The van der Waals surface area contributed by atoms with Crippen LogP contribution in [0, 0.1) is 10.1 Å². The summed E-state index contributed by atoms with van der Waals surface area (Å²) in [5.41, 5.74) is 2.32. The van der Waals surface area contributed by atoms with Gasteiger partial charge in [0.25, 0.3) is 5.69 Å². The third-order valence-corrected chi connectivity index (χ3v) is 2.56. The Morgan fingerprint density at radius 2 is 2.40 bits per heavy atom. The van der Waals surface area contributed by atoms with Crippen molar-refractivity contribution in [1.82, 2.24) is 9.97 Å². The van der Waals surface area contributed by atoms with Crippen molar-refractivity contribution in [1.29, 1.82) is 0 Å². The van der Waals surface area contributed by atoms with Crippen molar-refractivity contribution in [2.45, 2.75) is 6.92 Å². The van der Waals surface area contributed by atoms with Gasteiger partial charge in [0, 0.05) is 18.7 Å². The smallest absolute Gasteiger partial charge is 0.271 e. The highest BCUT2D eigenvalue weighted by Gasteiger charge is 2.09. The van der Waals surface area contributed by atoms with Gasteiger partial charge in [-0.3, -0.25) is 10.1 Å². The Bertz CT molecular complexity index is 636. The largest absolute Gasteiger partial charge is 0.375 e. The van der Waals surface area contributed by atoms with Gasteiger partial charge in [-0.1, -0.05) is 12.2 Å². The molecular formula is C13H16N4O3. The number of aromatic amines is 1. The lowest BCUT2D eigenvalue weighted by Crippen LogP contribution is -2.11. The molecule has 0 unspecified atom stereocenters. The van der Waals surface area contributed by atoms with E-state index in [0.717, 1.165) is 5.57 Å². The first kappa shape index (κ1) is 14.0. The van der Waals surface area contributed by atoms with Crippen LogP contribution in [-0.2, 0) is 4.74 Å². The fraction of sp³-hybridized carbons (Fsp3) is 0.308.